The summed E-state index contributed by atoms with van der Waals surface area (Å²) in [4.78, 5) is 0. The molecule has 1 heterocycles. The van der Waals surface area contributed by atoms with Crippen LogP contribution in [0.15, 0.2) is 12.7 Å². The molecular weight excluding hydrogens is 138 g/mol. The number of hydrogen-bond donors (Lipinski definition) is 1. The summed E-state index contributed by atoms with van der Waals surface area (Å²) in [6, 6.07) is 0.241. The predicted octanol–water partition coefficient (Wildman–Crippen LogP) is 1.31. The Hall–Kier alpha value is -0.340. The second-order valence-electron chi connectivity index (χ2n) is 3.22. The molecule has 1 rings (SSSR count). The largest absolute Gasteiger partial charge is 0.378 e. The van der Waals surface area contributed by atoms with Crippen molar-refractivity contribution < 1.29 is 4.74 Å². The van der Waals surface area contributed by atoms with Gasteiger partial charge in [-0.25, -0.2) is 0 Å². The maximum atomic E-state index is 5.93. The molecule has 0 saturated carbocycles. The Balaban J connectivity index is 2.38. The van der Waals surface area contributed by atoms with E-state index >= 15 is 0 Å². The highest BCUT2D eigenvalue weighted by Crippen LogP contribution is 2.24. The minimum absolute atomic E-state index is 0.241. The summed E-state index contributed by atoms with van der Waals surface area (Å²) in [6.07, 6.45) is 4.23. The van der Waals surface area contributed by atoms with E-state index in [4.69, 9.17) is 10.5 Å². The third-order valence-corrected chi connectivity index (χ3v) is 2.42. The van der Waals surface area contributed by atoms with Crippen LogP contribution < -0.4 is 5.73 Å². The van der Waals surface area contributed by atoms with Gasteiger partial charge in [-0.15, -0.1) is 6.58 Å². The average Bonchev–Trinajstić information content (AvgIpc) is 2.36. The van der Waals surface area contributed by atoms with Crippen molar-refractivity contribution in [2.45, 2.75) is 31.9 Å². The van der Waals surface area contributed by atoms with Gasteiger partial charge in [0.15, 0.2) is 0 Å². The molecule has 3 atom stereocenters. The highest BCUT2D eigenvalue weighted by molar-refractivity contribution is 4.86. The lowest BCUT2D eigenvalue weighted by Crippen LogP contribution is -2.33. The van der Waals surface area contributed by atoms with Crippen LogP contribution in [0.1, 0.15) is 19.8 Å². The molecule has 3 unspecified atom stereocenters. The molecular formula is C9H17NO. The van der Waals surface area contributed by atoms with Gasteiger partial charge in [0.25, 0.3) is 0 Å². The van der Waals surface area contributed by atoms with Crippen LogP contribution >= 0.6 is 0 Å². The van der Waals surface area contributed by atoms with E-state index in [-0.39, 0.29) is 6.04 Å². The number of ether oxygens (including phenoxy) is 1. The molecule has 2 nitrogen and oxygen atoms in total. The Kier molecular flexibility index (Phi) is 3.09. The van der Waals surface area contributed by atoms with Crippen molar-refractivity contribution >= 4 is 0 Å². The SMILES string of the molecule is C=CCC(N)C1CCOC1C. The molecule has 2 heteroatoms. The van der Waals surface area contributed by atoms with Crippen LogP contribution in [0.25, 0.3) is 0 Å². The molecule has 0 amide bonds. The van der Waals surface area contributed by atoms with Gasteiger partial charge in [0.05, 0.1) is 6.10 Å². The maximum Gasteiger partial charge on any atom is 0.0590 e. The van der Waals surface area contributed by atoms with Crippen molar-refractivity contribution in [1.82, 2.24) is 0 Å². The fraction of sp³-hybridized carbons (Fsp3) is 0.778. The van der Waals surface area contributed by atoms with Gasteiger partial charge in [0.2, 0.25) is 0 Å². The first kappa shape index (κ1) is 8.75. The molecule has 11 heavy (non-hydrogen) atoms. The zero-order chi connectivity index (χ0) is 8.27. The monoisotopic (exact) mass is 155 g/mol. The minimum Gasteiger partial charge on any atom is -0.378 e. The van der Waals surface area contributed by atoms with E-state index < -0.39 is 0 Å². The quantitative estimate of drug-likeness (QED) is 0.624. The molecule has 0 aromatic carbocycles. The lowest BCUT2D eigenvalue weighted by molar-refractivity contribution is 0.0997. The summed E-state index contributed by atoms with van der Waals surface area (Å²) in [7, 11) is 0. The molecule has 0 aromatic rings. The maximum absolute atomic E-state index is 5.93. The standard InChI is InChI=1S/C9H17NO/c1-3-4-9(10)8-5-6-11-7(8)2/h3,7-9H,1,4-6,10H2,2H3. The minimum atomic E-state index is 0.241. The normalized spacial score (nSPS) is 33.6. The zero-order valence-electron chi connectivity index (χ0n) is 7.12. The first-order valence-electron chi connectivity index (χ1n) is 4.23. The molecule has 1 saturated heterocycles. The van der Waals surface area contributed by atoms with Gasteiger partial charge in [-0.05, 0) is 19.8 Å². The zero-order valence-corrected chi connectivity index (χ0v) is 7.12. The highest BCUT2D eigenvalue weighted by Gasteiger charge is 2.28. The Labute approximate surface area is 68.4 Å². The van der Waals surface area contributed by atoms with Crippen molar-refractivity contribution in [2.75, 3.05) is 6.61 Å². The molecule has 64 valence electrons. The molecule has 2 N–H and O–H groups in total. The molecule has 1 aliphatic rings. The summed E-state index contributed by atoms with van der Waals surface area (Å²) in [5, 5.41) is 0. The van der Waals surface area contributed by atoms with Crippen LogP contribution in [0, 0.1) is 5.92 Å². The van der Waals surface area contributed by atoms with Crippen LogP contribution in [0.4, 0.5) is 0 Å². The van der Waals surface area contributed by atoms with Crippen molar-refractivity contribution in [3.63, 3.8) is 0 Å². The van der Waals surface area contributed by atoms with Crippen molar-refractivity contribution in [3.8, 4) is 0 Å². The van der Waals surface area contributed by atoms with E-state index in [1.807, 2.05) is 6.08 Å². The number of rotatable bonds is 3. The lowest BCUT2D eigenvalue weighted by atomic mass is 9.92. The van der Waals surface area contributed by atoms with Crippen molar-refractivity contribution in [1.29, 1.82) is 0 Å². The fourth-order valence-electron chi connectivity index (χ4n) is 1.68. The summed E-state index contributed by atoms with van der Waals surface area (Å²) in [5.41, 5.74) is 5.93. The van der Waals surface area contributed by atoms with Crippen molar-refractivity contribution in [3.05, 3.63) is 12.7 Å². The van der Waals surface area contributed by atoms with Crippen molar-refractivity contribution in [2.24, 2.45) is 11.7 Å². The van der Waals surface area contributed by atoms with Gasteiger partial charge in [-0.3, -0.25) is 0 Å². The summed E-state index contributed by atoms with van der Waals surface area (Å²) >= 11 is 0. The van der Waals surface area contributed by atoms with E-state index in [1.54, 1.807) is 0 Å². The van der Waals surface area contributed by atoms with Gasteiger partial charge in [-0.2, -0.15) is 0 Å². The molecule has 0 bridgehead atoms. The third kappa shape index (κ3) is 2.04. The third-order valence-electron chi connectivity index (χ3n) is 2.42. The van der Waals surface area contributed by atoms with Crippen LogP contribution in [-0.2, 0) is 4.74 Å². The smallest absolute Gasteiger partial charge is 0.0590 e. The van der Waals surface area contributed by atoms with E-state index in [0.717, 1.165) is 19.4 Å². The lowest BCUT2D eigenvalue weighted by Gasteiger charge is -2.20. The second-order valence-corrected chi connectivity index (χ2v) is 3.22. The van der Waals surface area contributed by atoms with Crippen LogP contribution in [0.2, 0.25) is 0 Å². The van der Waals surface area contributed by atoms with Crippen LogP contribution in [0.3, 0.4) is 0 Å². The van der Waals surface area contributed by atoms with Crippen LogP contribution in [-0.4, -0.2) is 18.8 Å². The van der Waals surface area contributed by atoms with Gasteiger partial charge in [0.1, 0.15) is 0 Å². The van der Waals surface area contributed by atoms with E-state index in [9.17, 15) is 0 Å². The summed E-state index contributed by atoms with van der Waals surface area (Å²) in [6.45, 7) is 6.65. The first-order chi connectivity index (χ1) is 5.25. The first-order valence-corrected chi connectivity index (χ1v) is 4.23. The molecule has 0 spiro atoms. The van der Waals surface area contributed by atoms with Gasteiger partial charge in [-0.1, -0.05) is 6.08 Å². The highest BCUT2D eigenvalue weighted by atomic mass is 16.5. The Morgan fingerprint density at radius 2 is 2.55 bits per heavy atom. The van der Waals surface area contributed by atoms with Gasteiger partial charge >= 0.3 is 0 Å². The van der Waals surface area contributed by atoms with Crippen LogP contribution in [0.5, 0.6) is 0 Å². The summed E-state index contributed by atoms with van der Waals surface area (Å²) < 4.78 is 5.42. The van der Waals surface area contributed by atoms with E-state index in [0.29, 0.717) is 12.0 Å². The van der Waals surface area contributed by atoms with Gasteiger partial charge < -0.3 is 10.5 Å². The topological polar surface area (TPSA) is 35.2 Å². The predicted molar refractivity (Wildman–Crippen MR) is 46.3 cm³/mol. The molecule has 1 fully saturated rings. The summed E-state index contributed by atoms with van der Waals surface area (Å²) in [5.74, 6) is 0.535. The number of nitrogens with two attached hydrogens (primary N) is 1. The molecule has 0 radical (unpaired) electrons. The Morgan fingerprint density at radius 1 is 1.82 bits per heavy atom. The molecule has 0 aliphatic carbocycles. The Morgan fingerprint density at radius 3 is 3.00 bits per heavy atom. The molecule has 0 aromatic heterocycles. The molecule has 1 aliphatic heterocycles. The second kappa shape index (κ2) is 3.88. The van der Waals surface area contributed by atoms with Gasteiger partial charge in [0, 0.05) is 18.6 Å². The van der Waals surface area contributed by atoms with E-state index in [2.05, 4.69) is 13.5 Å². The number of hydrogen-bond acceptors (Lipinski definition) is 2. The average molecular weight is 155 g/mol. The fourth-order valence-corrected chi connectivity index (χ4v) is 1.68. The Bertz CT molecular complexity index is 136. The van der Waals surface area contributed by atoms with E-state index in [1.165, 1.54) is 0 Å².